The van der Waals surface area contributed by atoms with Crippen LogP contribution < -0.4 is 34.7 Å². The minimum absolute atomic E-state index is 0. The van der Waals surface area contributed by atoms with Crippen LogP contribution in [0.5, 0.6) is 0 Å². The predicted octanol–water partition coefficient (Wildman–Crippen LogP) is -3.70. The third-order valence-electron chi connectivity index (χ3n) is 1.91. The summed E-state index contributed by atoms with van der Waals surface area (Å²) in [4.78, 5) is 21.2. The molecule has 0 aromatic rings. The van der Waals surface area contributed by atoms with Crippen LogP contribution in [-0.2, 0) is 19.1 Å². The first kappa shape index (κ1) is 18.2. The maximum Gasteiger partial charge on any atom is 1.00 e. The van der Waals surface area contributed by atoms with Crippen LogP contribution in [0, 0.1) is 0 Å². The Morgan fingerprint density at radius 2 is 2.12 bits per heavy atom. The zero-order chi connectivity index (χ0) is 11.8. The molecule has 0 spiro atoms. The fourth-order valence-electron chi connectivity index (χ4n) is 1.02. The number of rotatable bonds is 8. The number of methoxy groups -OCH3 is 1. The molecule has 0 radical (unpaired) electrons. The van der Waals surface area contributed by atoms with Gasteiger partial charge in [0, 0.05) is 7.11 Å². The molecule has 0 aliphatic heterocycles. The molecule has 0 N–H and O–H groups in total. The van der Waals surface area contributed by atoms with E-state index < -0.39 is 24.3 Å². The molecule has 0 saturated carbocycles. The largest absolute Gasteiger partial charge is 1.00 e. The molecular weight excluding hydrogens is 223 g/mol. The Balaban J connectivity index is 0. The minimum atomic E-state index is -1.43. The van der Waals surface area contributed by atoms with Gasteiger partial charge in [-0.15, -0.1) is 6.58 Å². The van der Waals surface area contributed by atoms with Crippen molar-refractivity contribution in [3.63, 3.8) is 0 Å². The Morgan fingerprint density at radius 1 is 1.56 bits per heavy atom. The molecule has 0 bridgehead atoms. The smallest absolute Gasteiger partial charge is 0.547 e. The van der Waals surface area contributed by atoms with Gasteiger partial charge in [-0.25, -0.2) is 0 Å². The van der Waals surface area contributed by atoms with Gasteiger partial charge in [0.15, 0.2) is 0 Å². The molecular formula is C10H15NaO5. The van der Waals surface area contributed by atoms with Gasteiger partial charge in [-0.3, -0.25) is 0 Å². The second-order valence-electron chi connectivity index (χ2n) is 2.89. The first-order valence-electron chi connectivity index (χ1n) is 4.57. The summed E-state index contributed by atoms with van der Waals surface area (Å²) in [6, 6.07) is 0. The second kappa shape index (κ2) is 9.99. The van der Waals surface area contributed by atoms with Gasteiger partial charge >= 0.3 is 29.6 Å². The van der Waals surface area contributed by atoms with Crippen molar-refractivity contribution in [1.29, 1.82) is 0 Å². The van der Waals surface area contributed by atoms with Crippen LogP contribution >= 0.6 is 0 Å². The summed E-state index contributed by atoms with van der Waals surface area (Å²) in [5.41, 5.74) is 0. The zero-order valence-corrected chi connectivity index (χ0v) is 11.8. The van der Waals surface area contributed by atoms with E-state index in [0.717, 1.165) is 0 Å². The minimum Gasteiger partial charge on any atom is -0.547 e. The van der Waals surface area contributed by atoms with Gasteiger partial charge in [0.25, 0.3) is 0 Å². The van der Waals surface area contributed by atoms with Gasteiger partial charge in [0.1, 0.15) is 24.6 Å². The summed E-state index contributed by atoms with van der Waals surface area (Å²) >= 11 is 0. The molecule has 0 rings (SSSR count). The first-order valence-corrected chi connectivity index (χ1v) is 4.57. The van der Waals surface area contributed by atoms with Gasteiger partial charge in [-0.2, -0.15) is 0 Å². The van der Waals surface area contributed by atoms with Gasteiger partial charge in [-0.1, -0.05) is 13.0 Å². The zero-order valence-electron chi connectivity index (χ0n) is 9.84. The Morgan fingerprint density at radius 3 is 2.38 bits per heavy atom. The molecule has 16 heavy (non-hydrogen) atoms. The Labute approximate surface area is 117 Å². The molecule has 0 aliphatic rings. The molecule has 3 atom stereocenters. The van der Waals surface area contributed by atoms with Crippen molar-refractivity contribution in [2.24, 2.45) is 0 Å². The van der Waals surface area contributed by atoms with Gasteiger partial charge in [-0.05, 0) is 6.42 Å². The molecule has 3 unspecified atom stereocenters. The number of hydrogen-bond acceptors (Lipinski definition) is 5. The summed E-state index contributed by atoms with van der Waals surface area (Å²) in [7, 11) is 1.33. The normalized spacial score (nSPS) is 15.4. The molecule has 6 heteroatoms. The summed E-state index contributed by atoms with van der Waals surface area (Å²) in [6.07, 6.45) is -0.693. The van der Waals surface area contributed by atoms with Crippen LogP contribution in [0.2, 0.25) is 0 Å². The van der Waals surface area contributed by atoms with Crippen molar-refractivity contribution >= 4 is 12.3 Å². The van der Waals surface area contributed by atoms with Crippen LogP contribution in [0.15, 0.2) is 12.7 Å². The quantitative estimate of drug-likeness (QED) is 0.247. The van der Waals surface area contributed by atoms with Crippen LogP contribution in [0.4, 0.5) is 0 Å². The van der Waals surface area contributed by atoms with E-state index in [4.69, 9.17) is 9.47 Å². The Kier molecular flexibility index (Phi) is 11.3. The Hall–Kier alpha value is -0.200. The van der Waals surface area contributed by atoms with Crippen molar-refractivity contribution in [3.05, 3.63) is 12.7 Å². The third-order valence-corrected chi connectivity index (χ3v) is 1.91. The maximum atomic E-state index is 10.7. The number of hydrogen-bond donors (Lipinski definition) is 0. The van der Waals surface area contributed by atoms with Crippen molar-refractivity contribution in [1.82, 2.24) is 0 Å². The van der Waals surface area contributed by atoms with E-state index in [0.29, 0.717) is 12.7 Å². The maximum absolute atomic E-state index is 10.7. The number of aldehydes is 1. The topological polar surface area (TPSA) is 75.7 Å². The van der Waals surface area contributed by atoms with Gasteiger partial charge in [0.05, 0.1) is 5.97 Å². The van der Waals surface area contributed by atoms with Gasteiger partial charge in [0.2, 0.25) is 0 Å². The number of aliphatic carboxylic acids is 1. The fourth-order valence-corrected chi connectivity index (χ4v) is 1.02. The van der Waals surface area contributed by atoms with E-state index in [1.165, 1.54) is 13.2 Å². The van der Waals surface area contributed by atoms with Crippen LogP contribution in [0.1, 0.15) is 13.3 Å². The van der Waals surface area contributed by atoms with Crippen LogP contribution in [-0.4, -0.2) is 37.7 Å². The standard InChI is InChI=1S/C10H16O5.Na/c1-4-7(6-11)15-9(10(12)13)8(5-2)14-3;/h5-9H,2,4H2,1,3H3,(H,12,13);/q;+1/p-1. The summed E-state index contributed by atoms with van der Waals surface area (Å²) in [6.45, 7) is 5.12. The van der Waals surface area contributed by atoms with Crippen molar-refractivity contribution < 1.29 is 53.7 Å². The second-order valence-corrected chi connectivity index (χ2v) is 2.89. The molecule has 0 saturated heterocycles. The molecule has 0 aliphatic carbocycles. The van der Waals surface area contributed by atoms with Crippen molar-refractivity contribution in [2.45, 2.75) is 31.7 Å². The van der Waals surface area contributed by atoms with Gasteiger partial charge < -0.3 is 24.2 Å². The monoisotopic (exact) mass is 238 g/mol. The van der Waals surface area contributed by atoms with Crippen LogP contribution in [0.25, 0.3) is 0 Å². The summed E-state index contributed by atoms with van der Waals surface area (Å²) in [5, 5.41) is 10.7. The van der Waals surface area contributed by atoms with Crippen molar-refractivity contribution in [3.8, 4) is 0 Å². The Bertz CT molecular complexity index is 231. The van der Waals surface area contributed by atoms with E-state index in [2.05, 4.69) is 6.58 Å². The summed E-state index contributed by atoms with van der Waals surface area (Å²) < 4.78 is 9.86. The third kappa shape index (κ3) is 5.77. The fraction of sp³-hybridized carbons (Fsp3) is 0.600. The number of carbonyl (C=O) groups is 2. The van der Waals surface area contributed by atoms with E-state index in [1.807, 2.05) is 0 Å². The van der Waals surface area contributed by atoms with E-state index >= 15 is 0 Å². The number of ether oxygens (including phenoxy) is 2. The SMILES string of the molecule is C=CC(OC)C(OC(C=O)CC)C(=O)[O-].[Na+]. The molecule has 0 aromatic heterocycles. The van der Waals surface area contributed by atoms with E-state index in [9.17, 15) is 14.7 Å². The van der Waals surface area contributed by atoms with E-state index in [1.54, 1.807) is 6.92 Å². The first-order chi connectivity index (χ1) is 7.10. The molecule has 0 amide bonds. The molecule has 86 valence electrons. The molecule has 0 fully saturated rings. The number of carboxylic acids is 1. The molecule has 0 heterocycles. The summed E-state index contributed by atoms with van der Waals surface area (Å²) in [5.74, 6) is -1.43. The molecule has 5 nitrogen and oxygen atoms in total. The van der Waals surface area contributed by atoms with Crippen LogP contribution in [0.3, 0.4) is 0 Å². The average Bonchev–Trinajstić information content (AvgIpc) is 2.24. The molecule has 0 aromatic carbocycles. The average molecular weight is 238 g/mol. The number of carbonyl (C=O) groups excluding carboxylic acids is 2. The van der Waals surface area contributed by atoms with E-state index in [-0.39, 0.29) is 29.6 Å². The predicted molar refractivity (Wildman–Crippen MR) is 51.0 cm³/mol. The number of carboxylic acid groups (broad SMARTS) is 1. The van der Waals surface area contributed by atoms with Crippen molar-refractivity contribution in [2.75, 3.05) is 7.11 Å².